The van der Waals surface area contributed by atoms with Crippen LogP contribution in [0.5, 0.6) is 0 Å². The minimum Gasteiger partial charge on any atom is -0.308 e. The van der Waals surface area contributed by atoms with E-state index in [0.717, 1.165) is 32.6 Å². The maximum Gasteiger partial charge on any atom is 0.325 e. The van der Waals surface area contributed by atoms with Gasteiger partial charge < -0.3 is 5.32 Å². The molecule has 0 atom stereocenters. The first-order valence-electron chi connectivity index (χ1n) is 7.45. The normalized spacial score (nSPS) is 10.8. The van der Waals surface area contributed by atoms with Crippen LogP contribution in [0.3, 0.4) is 0 Å². The van der Waals surface area contributed by atoms with Crippen LogP contribution in [0, 0.1) is 27.7 Å². The van der Waals surface area contributed by atoms with E-state index >= 15 is 0 Å². The smallest absolute Gasteiger partial charge is 0.308 e. The Morgan fingerprint density at radius 2 is 1.61 bits per heavy atom. The van der Waals surface area contributed by atoms with Gasteiger partial charge in [0.05, 0.1) is 10.2 Å². The first-order chi connectivity index (χ1) is 10.9. The lowest BCUT2D eigenvalue weighted by atomic mass is 10.1. The third-order valence-corrected chi connectivity index (χ3v) is 4.75. The van der Waals surface area contributed by atoms with Crippen molar-refractivity contribution in [2.75, 3.05) is 10.6 Å². The summed E-state index contributed by atoms with van der Waals surface area (Å²) in [6, 6.07) is 9.82. The number of thiazole rings is 1. The Morgan fingerprint density at radius 3 is 2.26 bits per heavy atom. The second kappa shape index (κ2) is 6.01. The number of urea groups is 1. The second-order valence-electron chi connectivity index (χ2n) is 5.85. The van der Waals surface area contributed by atoms with Gasteiger partial charge in [-0.3, -0.25) is 5.32 Å². The number of carbonyl (C=O) groups is 1. The van der Waals surface area contributed by atoms with Gasteiger partial charge in [-0.2, -0.15) is 0 Å². The van der Waals surface area contributed by atoms with E-state index in [4.69, 9.17) is 0 Å². The number of benzene rings is 2. The fraction of sp³-hybridized carbons (Fsp3) is 0.222. The van der Waals surface area contributed by atoms with Crippen LogP contribution in [-0.2, 0) is 0 Å². The first kappa shape index (κ1) is 15.5. The third-order valence-electron chi connectivity index (χ3n) is 3.64. The van der Waals surface area contributed by atoms with Crippen LogP contribution < -0.4 is 10.6 Å². The summed E-state index contributed by atoms with van der Waals surface area (Å²) in [6.45, 7) is 8.10. The van der Waals surface area contributed by atoms with Gasteiger partial charge >= 0.3 is 6.03 Å². The van der Waals surface area contributed by atoms with E-state index in [0.29, 0.717) is 5.13 Å². The number of hydrogen-bond donors (Lipinski definition) is 2. The van der Waals surface area contributed by atoms with E-state index in [-0.39, 0.29) is 6.03 Å². The van der Waals surface area contributed by atoms with Crippen molar-refractivity contribution in [1.82, 2.24) is 4.98 Å². The van der Waals surface area contributed by atoms with Crippen LogP contribution in [0.4, 0.5) is 15.6 Å². The molecule has 0 saturated heterocycles. The van der Waals surface area contributed by atoms with E-state index in [1.54, 1.807) is 0 Å². The maximum absolute atomic E-state index is 12.2. The van der Waals surface area contributed by atoms with Crippen molar-refractivity contribution < 1.29 is 4.79 Å². The summed E-state index contributed by atoms with van der Waals surface area (Å²) in [5.74, 6) is 0. The largest absolute Gasteiger partial charge is 0.325 e. The number of aromatic nitrogens is 1. The molecular formula is C18H19N3OS. The third kappa shape index (κ3) is 3.35. The van der Waals surface area contributed by atoms with Gasteiger partial charge in [0.25, 0.3) is 0 Å². The quantitative estimate of drug-likeness (QED) is 0.682. The molecule has 2 N–H and O–H groups in total. The van der Waals surface area contributed by atoms with Crippen molar-refractivity contribution in [1.29, 1.82) is 0 Å². The molecule has 0 unspecified atom stereocenters. The highest BCUT2D eigenvalue weighted by Crippen LogP contribution is 2.30. The highest BCUT2D eigenvalue weighted by molar-refractivity contribution is 7.22. The number of anilines is 2. The van der Waals surface area contributed by atoms with Crippen LogP contribution in [0.15, 0.2) is 30.3 Å². The molecule has 0 aliphatic heterocycles. The predicted octanol–water partition coefficient (Wildman–Crippen LogP) is 5.17. The van der Waals surface area contributed by atoms with Crippen LogP contribution in [-0.4, -0.2) is 11.0 Å². The number of hydrogen-bond acceptors (Lipinski definition) is 3. The van der Waals surface area contributed by atoms with Gasteiger partial charge in [0, 0.05) is 5.69 Å². The van der Waals surface area contributed by atoms with Crippen LogP contribution >= 0.6 is 11.3 Å². The van der Waals surface area contributed by atoms with Gasteiger partial charge in [0.2, 0.25) is 0 Å². The molecule has 1 aromatic heterocycles. The van der Waals surface area contributed by atoms with Crippen molar-refractivity contribution in [3.8, 4) is 0 Å². The molecule has 118 valence electrons. The molecule has 4 nitrogen and oxygen atoms in total. The van der Waals surface area contributed by atoms with Crippen molar-refractivity contribution in [3.05, 3.63) is 52.6 Å². The lowest BCUT2D eigenvalue weighted by Gasteiger charge is -2.07. The Bertz CT molecular complexity index is 839. The van der Waals surface area contributed by atoms with E-state index in [1.807, 2.05) is 32.9 Å². The van der Waals surface area contributed by atoms with Crippen molar-refractivity contribution >= 4 is 38.4 Å². The summed E-state index contributed by atoms with van der Waals surface area (Å²) in [6.07, 6.45) is 0. The highest BCUT2D eigenvalue weighted by atomic mass is 32.1. The van der Waals surface area contributed by atoms with Crippen LogP contribution in [0.1, 0.15) is 22.3 Å². The zero-order valence-corrected chi connectivity index (χ0v) is 14.5. The van der Waals surface area contributed by atoms with Crippen molar-refractivity contribution in [3.63, 3.8) is 0 Å². The van der Waals surface area contributed by atoms with Crippen LogP contribution in [0.25, 0.3) is 10.2 Å². The summed E-state index contributed by atoms with van der Waals surface area (Å²) in [5, 5.41) is 6.30. The average Bonchev–Trinajstić information content (AvgIpc) is 2.86. The molecule has 2 amide bonds. The molecule has 0 aliphatic rings. The number of nitrogens with one attached hydrogen (secondary N) is 2. The van der Waals surface area contributed by atoms with E-state index < -0.39 is 0 Å². The van der Waals surface area contributed by atoms with Gasteiger partial charge in [-0.05, 0) is 62.1 Å². The summed E-state index contributed by atoms with van der Waals surface area (Å²) >= 11 is 1.50. The predicted molar refractivity (Wildman–Crippen MR) is 97.7 cm³/mol. The van der Waals surface area contributed by atoms with E-state index in [1.165, 1.54) is 16.9 Å². The zero-order chi connectivity index (χ0) is 16.6. The molecular weight excluding hydrogens is 306 g/mol. The lowest BCUT2D eigenvalue weighted by molar-refractivity contribution is 0.262. The number of aryl methyl sites for hydroxylation is 4. The molecule has 3 rings (SSSR count). The lowest BCUT2D eigenvalue weighted by Crippen LogP contribution is -2.19. The van der Waals surface area contributed by atoms with E-state index in [2.05, 4.69) is 40.7 Å². The Labute approximate surface area is 139 Å². The summed E-state index contributed by atoms with van der Waals surface area (Å²) in [5.41, 5.74) is 6.26. The summed E-state index contributed by atoms with van der Waals surface area (Å²) in [7, 11) is 0. The molecule has 0 saturated carbocycles. The molecule has 0 aliphatic carbocycles. The van der Waals surface area contributed by atoms with E-state index in [9.17, 15) is 4.79 Å². The summed E-state index contributed by atoms with van der Waals surface area (Å²) in [4.78, 5) is 16.7. The number of fused-ring (bicyclic) bond motifs is 1. The SMILES string of the molecule is Cc1cc(C)cc(NC(=O)Nc2nc3c(C)ccc(C)c3s2)c1. The van der Waals surface area contributed by atoms with Crippen LogP contribution in [0.2, 0.25) is 0 Å². The number of nitrogens with zero attached hydrogens (tertiary/aromatic N) is 1. The summed E-state index contributed by atoms with van der Waals surface area (Å²) < 4.78 is 1.12. The van der Waals surface area contributed by atoms with Gasteiger partial charge in [-0.15, -0.1) is 0 Å². The monoisotopic (exact) mass is 325 g/mol. The minimum absolute atomic E-state index is 0.274. The molecule has 2 aromatic carbocycles. The average molecular weight is 325 g/mol. The minimum atomic E-state index is -0.274. The number of rotatable bonds is 2. The zero-order valence-electron chi connectivity index (χ0n) is 13.7. The molecule has 5 heteroatoms. The molecule has 1 heterocycles. The molecule has 0 bridgehead atoms. The maximum atomic E-state index is 12.2. The molecule has 0 fully saturated rings. The standard InChI is InChI=1S/C18H19N3OS/c1-10-7-11(2)9-14(8-10)19-17(22)21-18-20-15-12(3)5-6-13(4)16(15)23-18/h5-9H,1-4H3,(H2,19,20,21,22). The molecule has 23 heavy (non-hydrogen) atoms. The van der Waals surface area contributed by atoms with Gasteiger partial charge in [0.15, 0.2) is 5.13 Å². The fourth-order valence-corrected chi connectivity index (χ4v) is 3.63. The molecule has 3 aromatic rings. The fourth-order valence-electron chi connectivity index (χ4n) is 2.62. The molecule has 0 spiro atoms. The Kier molecular flexibility index (Phi) is 4.05. The molecule has 0 radical (unpaired) electrons. The second-order valence-corrected chi connectivity index (χ2v) is 6.85. The Balaban J connectivity index is 1.80. The topological polar surface area (TPSA) is 54.0 Å². The first-order valence-corrected chi connectivity index (χ1v) is 8.27. The number of amides is 2. The number of carbonyl (C=O) groups excluding carboxylic acids is 1. The van der Waals surface area contributed by atoms with Gasteiger partial charge in [-0.1, -0.05) is 29.5 Å². The Hall–Kier alpha value is -2.40. The van der Waals surface area contributed by atoms with Gasteiger partial charge in [-0.25, -0.2) is 9.78 Å². The van der Waals surface area contributed by atoms with Crippen molar-refractivity contribution in [2.45, 2.75) is 27.7 Å². The van der Waals surface area contributed by atoms with Crippen molar-refractivity contribution in [2.24, 2.45) is 0 Å². The highest BCUT2D eigenvalue weighted by Gasteiger charge is 2.11. The van der Waals surface area contributed by atoms with Gasteiger partial charge in [0.1, 0.15) is 0 Å². The Morgan fingerprint density at radius 1 is 0.957 bits per heavy atom.